The molecule has 11 heteroatoms. The molecular formula is C33H32ClN3O5S2. The Balaban J connectivity index is 1.51. The van der Waals surface area contributed by atoms with Gasteiger partial charge in [-0.15, -0.1) is 10.2 Å². The fraction of sp³-hybridized carbons (Fsp3) is 0.273. The number of Topliss-reactive ketones (excluding diaryl/α,β-unsaturated/α-hetero) is 1. The zero-order chi connectivity index (χ0) is 31.1. The first-order chi connectivity index (χ1) is 21.4. The average molecular weight is 650 g/mol. The molecular weight excluding hydrogens is 618 g/mol. The Morgan fingerprint density at radius 1 is 0.977 bits per heavy atom. The van der Waals surface area contributed by atoms with Crippen LogP contribution in [-0.4, -0.2) is 40.2 Å². The summed E-state index contributed by atoms with van der Waals surface area (Å²) in [6, 6.07) is 20.6. The lowest BCUT2D eigenvalue weighted by atomic mass is 9.95. The second-order valence-corrected chi connectivity index (χ2v) is 12.6. The number of carbonyl (C=O) groups is 2. The summed E-state index contributed by atoms with van der Waals surface area (Å²) in [5.74, 6) is -0.00461. The SMILES string of the molecule is CCCCCOc1cccc(C2C(=C(O)c3ccc(OCC)cc3)C(=O)C(=O)N2c2nnc(SCc3ccc(Cl)cc3)s2)c1. The van der Waals surface area contributed by atoms with Gasteiger partial charge in [0, 0.05) is 16.3 Å². The number of ether oxygens (including phenoxy) is 2. The molecule has 0 aliphatic carbocycles. The summed E-state index contributed by atoms with van der Waals surface area (Å²) >= 11 is 8.69. The molecule has 1 aliphatic rings. The Labute approximate surface area is 269 Å². The van der Waals surface area contributed by atoms with Gasteiger partial charge in [-0.25, -0.2) is 0 Å². The third-order valence-electron chi connectivity index (χ3n) is 6.95. The summed E-state index contributed by atoms with van der Waals surface area (Å²) in [6.07, 6.45) is 3.04. The molecule has 5 rings (SSSR count). The van der Waals surface area contributed by atoms with E-state index in [1.54, 1.807) is 30.3 Å². The Hall–Kier alpha value is -3.86. The van der Waals surface area contributed by atoms with Crippen molar-refractivity contribution < 1.29 is 24.2 Å². The summed E-state index contributed by atoms with van der Waals surface area (Å²) in [4.78, 5) is 28.6. The van der Waals surface area contributed by atoms with Gasteiger partial charge in [0.25, 0.3) is 5.78 Å². The standard InChI is InChI=1S/C33H32ClN3O5S2/c1-3-5-6-18-42-26-9-7-8-23(19-26)28-27(29(38)22-12-16-25(17-13-22)41-4-2)30(39)31(40)37(28)32-35-36-33(44-32)43-20-21-10-14-24(34)15-11-21/h7-17,19,28,38H,3-6,18,20H2,1-2H3. The number of aliphatic hydroxyl groups is 1. The second-order valence-electron chi connectivity index (χ2n) is 10.0. The third-order valence-corrected chi connectivity index (χ3v) is 9.33. The van der Waals surface area contributed by atoms with Crippen LogP contribution in [0.15, 0.2) is 82.7 Å². The number of aliphatic hydroxyl groups excluding tert-OH is 1. The fourth-order valence-electron chi connectivity index (χ4n) is 4.78. The molecule has 1 saturated heterocycles. The van der Waals surface area contributed by atoms with Gasteiger partial charge in [0.2, 0.25) is 5.13 Å². The number of unbranched alkanes of at least 4 members (excludes halogenated alkanes) is 2. The maximum absolute atomic E-state index is 13.6. The van der Waals surface area contributed by atoms with E-state index in [1.165, 1.54) is 28.0 Å². The molecule has 1 aliphatic heterocycles. The zero-order valence-corrected chi connectivity index (χ0v) is 26.8. The first kappa shape index (κ1) is 31.6. The highest BCUT2D eigenvalue weighted by Gasteiger charge is 2.48. The Morgan fingerprint density at radius 2 is 1.75 bits per heavy atom. The molecule has 44 heavy (non-hydrogen) atoms. The number of amides is 1. The van der Waals surface area contributed by atoms with Gasteiger partial charge >= 0.3 is 5.91 Å². The van der Waals surface area contributed by atoms with Crippen LogP contribution in [0.1, 0.15) is 55.8 Å². The summed E-state index contributed by atoms with van der Waals surface area (Å²) in [5.41, 5.74) is 2.02. The number of rotatable bonds is 13. The Bertz CT molecular complexity index is 1640. The van der Waals surface area contributed by atoms with Crippen molar-refractivity contribution in [1.82, 2.24) is 10.2 Å². The molecule has 0 saturated carbocycles. The number of benzene rings is 3. The lowest BCUT2D eigenvalue weighted by molar-refractivity contribution is -0.132. The van der Waals surface area contributed by atoms with Crippen LogP contribution in [0.25, 0.3) is 5.76 Å². The summed E-state index contributed by atoms with van der Waals surface area (Å²) in [5, 5.41) is 21.0. The van der Waals surface area contributed by atoms with Gasteiger partial charge < -0.3 is 14.6 Å². The number of carbonyl (C=O) groups excluding carboxylic acids is 2. The first-order valence-electron chi connectivity index (χ1n) is 14.4. The molecule has 0 bridgehead atoms. The molecule has 0 radical (unpaired) electrons. The number of anilines is 1. The van der Waals surface area contributed by atoms with Crippen molar-refractivity contribution >= 4 is 57.3 Å². The molecule has 1 unspecified atom stereocenters. The molecule has 4 aromatic rings. The molecule has 2 heterocycles. The third kappa shape index (κ3) is 7.26. The molecule has 8 nitrogen and oxygen atoms in total. The monoisotopic (exact) mass is 649 g/mol. The smallest absolute Gasteiger partial charge is 0.301 e. The van der Waals surface area contributed by atoms with E-state index in [2.05, 4.69) is 17.1 Å². The number of thioether (sulfide) groups is 1. The van der Waals surface area contributed by atoms with E-state index in [0.29, 0.717) is 51.0 Å². The van der Waals surface area contributed by atoms with Gasteiger partial charge in [0.15, 0.2) is 4.34 Å². The van der Waals surface area contributed by atoms with E-state index in [-0.39, 0.29) is 16.5 Å². The van der Waals surface area contributed by atoms with Crippen LogP contribution in [0.3, 0.4) is 0 Å². The number of hydrogen-bond donors (Lipinski definition) is 1. The van der Waals surface area contributed by atoms with Gasteiger partial charge in [-0.3, -0.25) is 14.5 Å². The largest absolute Gasteiger partial charge is 0.507 e. The van der Waals surface area contributed by atoms with Crippen LogP contribution in [0.5, 0.6) is 11.5 Å². The van der Waals surface area contributed by atoms with E-state index in [4.69, 9.17) is 21.1 Å². The van der Waals surface area contributed by atoms with Crippen LogP contribution < -0.4 is 14.4 Å². The zero-order valence-electron chi connectivity index (χ0n) is 24.4. The number of nitrogens with zero attached hydrogens (tertiary/aromatic N) is 3. The molecule has 0 spiro atoms. The topological polar surface area (TPSA) is 102 Å². The number of hydrogen-bond acceptors (Lipinski definition) is 9. The van der Waals surface area contributed by atoms with Crippen molar-refractivity contribution in [2.45, 2.75) is 49.2 Å². The first-order valence-corrected chi connectivity index (χ1v) is 16.5. The predicted octanol–water partition coefficient (Wildman–Crippen LogP) is 8.08. The average Bonchev–Trinajstić information content (AvgIpc) is 3.61. The summed E-state index contributed by atoms with van der Waals surface area (Å²) < 4.78 is 12.1. The van der Waals surface area contributed by atoms with E-state index < -0.39 is 17.7 Å². The van der Waals surface area contributed by atoms with E-state index in [1.807, 2.05) is 49.4 Å². The van der Waals surface area contributed by atoms with Crippen LogP contribution in [-0.2, 0) is 15.3 Å². The van der Waals surface area contributed by atoms with Gasteiger partial charge in [-0.2, -0.15) is 0 Å². The van der Waals surface area contributed by atoms with Crippen molar-refractivity contribution in [3.63, 3.8) is 0 Å². The lowest BCUT2D eigenvalue weighted by Crippen LogP contribution is -2.29. The van der Waals surface area contributed by atoms with Crippen LogP contribution in [0.4, 0.5) is 5.13 Å². The molecule has 1 aromatic heterocycles. The van der Waals surface area contributed by atoms with E-state index in [9.17, 15) is 14.7 Å². The maximum atomic E-state index is 13.6. The molecule has 228 valence electrons. The van der Waals surface area contributed by atoms with E-state index >= 15 is 0 Å². The summed E-state index contributed by atoms with van der Waals surface area (Å²) in [6.45, 7) is 5.05. The quantitative estimate of drug-likeness (QED) is 0.0387. The van der Waals surface area contributed by atoms with Crippen molar-refractivity contribution in [3.8, 4) is 11.5 Å². The lowest BCUT2D eigenvalue weighted by Gasteiger charge is -2.23. The van der Waals surface area contributed by atoms with Crippen LogP contribution in [0.2, 0.25) is 5.02 Å². The van der Waals surface area contributed by atoms with Crippen molar-refractivity contribution in [2.24, 2.45) is 0 Å². The highest BCUT2D eigenvalue weighted by molar-refractivity contribution is 8.00. The molecule has 3 aromatic carbocycles. The molecule has 1 amide bonds. The Morgan fingerprint density at radius 3 is 2.48 bits per heavy atom. The molecule has 1 atom stereocenters. The van der Waals surface area contributed by atoms with Crippen molar-refractivity contribution in [3.05, 3.63) is 100 Å². The van der Waals surface area contributed by atoms with Gasteiger partial charge in [-0.05, 0) is 73.0 Å². The van der Waals surface area contributed by atoms with Gasteiger partial charge in [0.1, 0.15) is 17.3 Å². The number of aromatic nitrogens is 2. The minimum atomic E-state index is -0.942. The van der Waals surface area contributed by atoms with Crippen LogP contribution in [0, 0.1) is 0 Å². The molecule has 1 fully saturated rings. The summed E-state index contributed by atoms with van der Waals surface area (Å²) in [7, 11) is 0. The van der Waals surface area contributed by atoms with Gasteiger partial charge in [0.05, 0.1) is 24.8 Å². The highest BCUT2D eigenvalue weighted by Crippen LogP contribution is 2.44. The van der Waals surface area contributed by atoms with E-state index in [0.717, 1.165) is 24.8 Å². The van der Waals surface area contributed by atoms with Crippen LogP contribution >= 0.6 is 34.7 Å². The predicted molar refractivity (Wildman–Crippen MR) is 175 cm³/mol. The van der Waals surface area contributed by atoms with Crippen molar-refractivity contribution in [2.75, 3.05) is 18.1 Å². The Kier molecular flexibility index (Phi) is 10.6. The molecule has 1 N–H and O–H groups in total. The van der Waals surface area contributed by atoms with Crippen molar-refractivity contribution in [1.29, 1.82) is 0 Å². The second kappa shape index (κ2) is 14.7. The number of ketones is 1. The highest BCUT2D eigenvalue weighted by atomic mass is 35.5. The number of halogens is 1. The minimum absolute atomic E-state index is 0.0344. The fourth-order valence-corrected chi connectivity index (χ4v) is 6.73. The minimum Gasteiger partial charge on any atom is -0.507 e. The van der Waals surface area contributed by atoms with Gasteiger partial charge in [-0.1, -0.05) is 78.7 Å². The maximum Gasteiger partial charge on any atom is 0.301 e. The normalized spacial score (nSPS) is 16.0.